The van der Waals surface area contributed by atoms with Gasteiger partial charge >= 0.3 is 0 Å². The van der Waals surface area contributed by atoms with Crippen LogP contribution in [0.1, 0.15) is 43.9 Å². The van der Waals surface area contributed by atoms with Crippen molar-refractivity contribution in [3.8, 4) is 0 Å². The Hall–Kier alpha value is -2.08. The number of likely N-dealkylation sites (tertiary alicyclic amines) is 1. The van der Waals surface area contributed by atoms with Gasteiger partial charge < -0.3 is 14.6 Å². The first kappa shape index (κ1) is 17.0. The zero-order valence-corrected chi connectivity index (χ0v) is 16.0. The topological polar surface area (TPSA) is 75.4 Å². The first-order chi connectivity index (χ1) is 12.9. The predicted molar refractivity (Wildman–Crippen MR) is 100 cm³/mol. The molecule has 3 fully saturated rings. The number of hydrogen-bond acceptors (Lipinski definition) is 4. The van der Waals surface area contributed by atoms with E-state index < -0.39 is 0 Å². The normalized spacial score (nSPS) is 32.6. The van der Waals surface area contributed by atoms with Gasteiger partial charge in [-0.15, -0.1) is 0 Å². The van der Waals surface area contributed by atoms with E-state index in [4.69, 9.17) is 16.0 Å². The minimum Gasteiger partial charge on any atom is -0.440 e. The van der Waals surface area contributed by atoms with Crippen molar-refractivity contribution in [1.82, 2.24) is 15.2 Å². The molecule has 2 heterocycles. The quantitative estimate of drug-likeness (QED) is 0.878. The summed E-state index contributed by atoms with van der Waals surface area (Å²) in [4.78, 5) is 30.2. The number of oxazole rings is 1. The number of amides is 2. The van der Waals surface area contributed by atoms with Gasteiger partial charge in [-0.2, -0.15) is 0 Å². The third-order valence-electron chi connectivity index (χ3n) is 6.49. The Bertz CT molecular complexity index is 926. The summed E-state index contributed by atoms with van der Waals surface area (Å²) in [7, 11) is 1.75. The van der Waals surface area contributed by atoms with Crippen molar-refractivity contribution >= 4 is 34.5 Å². The van der Waals surface area contributed by atoms with E-state index >= 15 is 0 Å². The summed E-state index contributed by atoms with van der Waals surface area (Å²) < 4.78 is 5.89. The fourth-order valence-corrected chi connectivity index (χ4v) is 5.20. The average Bonchev–Trinajstić information content (AvgIpc) is 3.11. The highest BCUT2D eigenvalue weighted by Gasteiger charge is 2.55. The van der Waals surface area contributed by atoms with Gasteiger partial charge in [0.2, 0.25) is 11.8 Å². The largest absolute Gasteiger partial charge is 0.440 e. The lowest BCUT2D eigenvalue weighted by Gasteiger charge is -2.57. The molecular formula is C20H22ClN3O3. The first-order valence-corrected chi connectivity index (χ1v) is 9.89. The van der Waals surface area contributed by atoms with Crippen molar-refractivity contribution in [3.63, 3.8) is 0 Å². The van der Waals surface area contributed by atoms with Gasteiger partial charge in [0.15, 0.2) is 11.5 Å². The molecular weight excluding hydrogens is 366 g/mol. The Balaban J connectivity index is 1.14. The second-order valence-electron chi connectivity index (χ2n) is 8.56. The van der Waals surface area contributed by atoms with Crippen LogP contribution in [-0.4, -0.2) is 41.3 Å². The van der Waals surface area contributed by atoms with Crippen LogP contribution in [0.5, 0.6) is 0 Å². The molecule has 2 aliphatic carbocycles. The summed E-state index contributed by atoms with van der Waals surface area (Å²) in [6.45, 7) is 0.534. The lowest BCUT2D eigenvalue weighted by atomic mass is 9.50. The van der Waals surface area contributed by atoms with Crippen LogP contribution in [-0.2, 0) is 9.59 Å². The van der Waals surface area contributed by atoms with E-state index in [2.05, 4.69) is 10.3 Å². The molecule has 0 radical (unpaired) electrons. The maximum Gasteiger partial charge on any atom is 0.225 e. The summed E-state index contributed by atoms with van der Waals surface area (Å²) in [6.07, 6.45) is 4.48. The van der Waals surface area contributed by atoms with Gasteiger partial charge in [0.25, 0.3) is 0 Å². The van der Waals surface area contributed by atoms with E-state index in [1.807, 2.05) is 18.2 Å². The van der Waals surface area contributed by atoms with Crippen LogP contribution >= 0.6 is 11.6 Å². The van der Waals surface area contributed by atoms with Gasteiger partial charge in [0.05, 0.1) is 5.92 Å². The van der Waals surface area contributed by atoms with Crippen molar-refractivity contribution in [2.45, 2.75) is 44.1 Å². The van der Waals surface area contributed by atoms with Gasteiger partial charge in [0.1, 0.15) is 5.52 Å². The average molecular weight is 388 g/mol. The third-order valence-corrected chi connectivity index (χ3v) is 6.73. The second-order valence-corrected chi connectivity index (χ2v) is 8.99. The molecule has 1 unspecified atom stereocenters. The Morgan fingerprint density at radius 1 is 1.33 bits per heavy atom. The molecule has 3 aliphatic rings. The summed E-state index contributed by atoms with van der Waals surface area (Å²) in [5, 5.41) is 3.80. The van der Waals surface area contributed by atoms with Gasteiger partial charge in [-0.25, -0.2) is 4.98 Å². The molecule has 27 heavy (non-hydrogen) atoms. The molecule has 1 aromatic carbocycles. The summed E-state index contributed by atoms with van der Waals surface area (Å²) in [5.74, 6) is 1.05. The fourth-order valence-electron chi connectivity index (χ4n) is 5.03. The number of nitrogens with one attached hydrogen (secondary N) is 1. The summed E-state index contributed by atoms with van der Waals surface area (Å²) >= 11 is 6.02. The third kappa shape index (κ3) is 2.90. The van der Waals surface area contributed by atoms with Crippen molar-refractivity contribution in [2.24, 2.45) is 11.3 Å². The minimum absolute atomic E-state index is 0.0271. The van der Waals surface area contributed by atoms with E-state index in [0.29, 0.717) is 29.3 Å². The summed E-state index contributed by atoms with van der Waals surface area (Å²) in [6, 6.07) is 5.75. The second kappa shape index (κ2) is 5.96. The van der Waals surface area contributed by atoms with E-state index in [1.165, 1.54) is 0 Å². The Morgan fingerprint density at radius 2 is 2.11 bits per heavy atom. The fraction of sp³-hybridized carbons (Fsp3) is 0.550. The number of hydrogen-bond donors (Lipinski definition) is 1. The molecule has 1 spiro atoms. The molecule has 5 rings (SSSR count). The highest BCUT2D eigenvalue weighted by molar-refractivity contribution is 6.31. The molecule has 1 aliphatic heterocycles. The molecule has 2 saturated carbocycles. The molecule has 1 aromatic heterocycles. The summed E-state index contributed by atoms with van der Waals surface area (Å²) in [5.41, 5.74) is 1.92. The minimum atomic E-state index is -0.195. The standard InChI is InChI=1S/C20H22ClN3O3/c1-24-10-11(4-17(24)25)18(26)22-14-8-20(9-14)6-12(7-20)19-23-15-5-13(21)2-3-16(15)27-19/h2-3,5,11-12,14H,4,6-10H2,1H3,(H,22,26). The first-order valence-electron chi connectivity index (χ1n) is 9.51. The van der Waals surface area contributed by atoms with Crippen molar-refractivity contribution < 1.29 is 14.0 Å². The lowest BCUT2D eigenvalue weighted by Crippen LogP contribution is -2.56. The zero-order chi connectivity index (χ0) is 18.8. The maximum absolute atomic E-state index is 12.3. The van der Waals surface area contributed by atoms with Crippen LogP contribution in [0, 0.1) is 11.3 Å². The number of carbonyl (C=O) groups is 2. The van der Waals surface area contributed by atoms with Crippen LogP contribution in [0.25, 0.3) is 11.1 Å². The van der Waals surface area contributed by atoms with Crippen LogP contribution < -0.4 is 5.32 Å². The van der Waals surface area contributed by atoms with E-state index in [0.717, 1.165) is 42.7 Å². The Morgan fingerprint density at radius 3 is 2.81 bits per heavy atom. The number of fused-ring (bicyclic) bond motifs is 1. The van der Waals surface area contributed by atoms with Gasteiger partial charge in [0, 0.05) is 37.0 Å². The highest BCUT2D eigenvalue weighted by atomic mass is 35.5. The molecule has 2 aromatic rings. The van der Waals surface area contributed by atoms with Gasteiger partial charge in [-0.05, 0) is 49.3 Å². The Kier molecular flexibility index (Phi) is 3.76. The monoisotopic (exact) mass is 387 g/mol. The van der Waals surface area contributed by atoms with Crippen molar-refractivity contribution in [3.05, 3.63) is 29.1 Å². The molecule has 0 bridgehead atoms. The SMILES string of the molecule is CN1CC(C(=O)NC2CC3(C2)CC(c2nc4cc(Cl)ccc4o2)C3)CC1=O. The lowest BCUT2D eigenvalue weighted by molar-refractivity contribution is -0.130. The number of nitrogens with zero attached hydrogens (tertiary/aromatic N) is 2. The molecule has 1 saturated heterocycles. The molecule has 1 atom stereocenters. The van der Waals surface area contributed by atoms with Crippen molar-refractivity contribution in [1.29, 1.82) is 0 Å². The number of carbonyl (C=O) groups excluding carboxylic acids is 2. The molecule has 142 valence electrons. The number of benzene rings is 1. The van der Waals surface area contributed by atoms with Crippen LogP contribution in [0.3, 0.4) is 0 Å². The van der Waals surface area contributed by atoms with E-state index in [1.54, 1.807) is 11.9 Å². The van der Waals surface area contributed by atoms with Crippen LogP contribution in [0.15, 0.2) is 22.6 Å². The Labute approximate surface area is 162 Å². The molecule has 6 nitrogen and oxygen atoms in total. The van der Waals surface area contributed by atoms with Gasteiger partial charge in [-0.3, -0.25) is 9.59 Å². The maximum atomic E-state index is 12.3. The number of rotatable bonds is 3. The van der Waals surface area contributed by atoms with Crippen LogP contribution in [0.4, 0.5) is 0 Å². The van der Waals surface area contributed by atoms with E-state index in [-0.39, 0.29) is 23.8 Å². The molecule has 1 N–H and O–H groups in total. The smallest absolute Gasteiger partial charge is 0.225 e. The van der Waals surface area contributed by atoms with E-state index in [9.17, 15) is 9.59 Å². The number of aromatic nitrogens is 1. The zero-order valence-electron chi connectivity index (χ0n) is 15.2. The predicted octanol–water partition coefficient (Wildman–Crippen LogP) is 3.10. The highest BCUT2D eigenvalue weighted by Crippen LogP contribution is 2.61. The van der Waals surface area contributed by atoms with Crippen molar-refractivity contribution in [2.75, 3.05) is 13.6 Å². The molecule has 2 amide bonds. The van der Waals surface area contributed by atoms with Gasteiger partial charge in [-0.1, -0.05) is 11.6 Å². The van der Waals surface area contributed by atoms with Crippen LogP contribution in [0.2, 0.25) is 5.02 Å². The number of halogens is 1. The molecule has 7 heteroatoms.